The van der Waals surface area contributed by atoms with Gasteiger partial charge in [0.2, 0.25) is 5.96 Å². The van der Waals surface area contributed by atoms with Gasteiger partial charge in [-0.05, 0) is 26.0 Å². The number of fused-ring (bicyclic) bond motifs is 2. The number of halogens is 3. The molecule has 156 valence electrons. The topological polar surface area (TPSA) is 78.3 Å². The minimum Gasteiger partial charge on any atom is -0.480 e. The molecule has 0 saturated heterocycles. The summed E-state index contributed by atoms with van der Waals surface area (Å²) in [5.41, 5.74) is -1.08. The SMILES string of the molecule is C#CC(C)N1C(=O)COc2ccc(N3C(=O)C=C(C(F)(F)F)N4CC(C)N=C43)nc21. The lowest BCUT2D eigenvalue weighted by molar-refractivity contribution is -0.121. The molecule has 3 aliphatic heterocycles. The highest BCUT2D eigenvalue weighted by atomic mass is 19.4. The Hall–Kier alpha value is -3.55. The third-order valence-electron chi connectivity index (χ3n) is 4.82. The van der Waals surface area contributed by atoms with Crippen LogP contribution in [-0.4, -0.2) is 59.1 Å². The van der Waals surface area contributed by atoms with E-state index in [9.17, 15) is 22.8 Å². The first kappa shape index (κ1) is 19.8. The third kappa shape index (κ3) is 3.04. The number of carbonyl (C=O) groups is 2. The van der Waals surface area contributed by atoms with Crippen LogP contribution in [0.25, 0.3) is 0 Å². The summed E-state index contributed by atoms with van der Waals surface area (Å²) in [4.78, 5) is 36.7. The zero-order valence-corrected chi connectivity index (χ0v) is 16.0. The normalized spacial score (nSPS) is 22.0. The number of rotatable bonds is 2. The Bertz CT molecular complexity index is 1040. The van der Waals surface area contributed by atoms with Crippen molar-refractivity contribution >= 4 is 29.4 Å². The largest absolute Gasteiger partial charge is 0.480 e. The van der Waals surface area contributed by atoms with Gasteiger partial charge in [0.25, 0.3) is 11.8 Å². The first-order valence-corrected chi connectivity index (χ1v) is 9.02. The smallest absolute Gasteiger partial charge is 0.431 e. The van der Waals surface area contributed by atoms with E-state index in [1.54, 1.807) is 13.8 Å². The second-order valence-electron chi connectivity index (χ2n) is 6.98. The van der Waals surface area contributed by atoms with Crippen molar-refractivity contribution in [1.82, 2.24) is 9.88 Å². The molecule has 3 aliphatic rings. The van der Waals surface area contributed by atoms with Gasteiger partial charge in [0.15, 0.2) is 18.2 Å². The fraction of sp³-hybridized carbons (Fsp3) is 0.368. The van der Waals surface area contributed by atoms with E-state index in [2.05, 4.69) is 15.9 Å². The van der Waals surface area contributed by atoms with Crippen LogP contribution >= 0.6 is 0 Å². The van der Waals surface area contributed by atoms with Gasteiger partial charge in [-0.15, -0.1) is 6.42 Å². The molecule has 0 aromatic carbocycles. The molecule has 0 spiro atoms. The second kappa shape index (κ2) is 6.76. The number of hydrogen-bond donors (Lipinski definition) is 0. The summed E-state index contributed by atoms with van der Waals surface area (Å²) in [5, 5.41) is 0. The van der Waals surface area contributed by atoms with E-state index in [1.807, 2.05) is 0 Å². The molecule has 2 amide bonds. The number of hydrogen-bond acceptors (Lipinski definition) is 6. The number of anilines is 2. The van der Waals surface area contributed by atoms with Gasteiger partial charge in [-0.2, -0.15) is 13.2 Å². The van der Waals surface area contributed by atoms with Crippen molar-refractivity contribution in [2.75, 3.05) is 23.0 Å². The van der Waals surface area contributed by atoms with E-state index in [-0.39, 0.29) is 36.5 Å². The number of carbonyl (C=O) groups excluding carboxylic acids is 2. The number of pyridine rings is 1. The highest BCUT2D eigenvalue weighted by molar-refractivity contribution is 6.22. The van der Waals surface area contributed by atoms with Crippen LogP contribution in [0.3, 0.4) is 0 Å². The number of allylic oxidation sites excluding steroid dienone is 1. The number of aromatic nitrogens is 1. The van der Waals surface area contributed by atoms with Gasteiger partial charge in [0.1, 0.15) is 11.5 Å². The molecule has 1 aromatic heterocycles. The minimum absolute atomic E-state index is 0.00148. The van der Waals surface area contributed by atoms with Crippen molar-refractivity contribution in [2.45, 2.75) is 32.1 Å². The van der Waals surface area contributed by atoms with Crippen LogP contribution in [0.15, 0.2) is 28.9 Å². The summed E-state index contributed by atoms with van der Waals surface area (Å²) in [6.45, 7) is 3.01. The van der Waals surface area contributed by atoms with Gasteiger partial charge in [0.05, 0.1) is 12.1 Å². The summed E-state index contributed by atoms with van der Waals surface area (Å²) in [7, 11) is 0. The number of amides is 2. The number of terminal acetylenes is 1. The lowest BCUT2D eigenvalue weighted by atomic mass is 10.2. The Morgan fingerprint density at radius 2 is 2.07 bits per heavy atom. The Morgan fingerprint density at radius 1 is 1.33 bits per heavy atom. The molecule has 4 rings (SSSR count). The lowest BCUT2D eigenvalue weighted by Gasteiger charge is -2.35. The Kier molecular flexibility index (Phi) is 4.45. The molecule has 1 aromatic rings. The molecule has 11 heteroatoms. The first-order valence-electron chi connectivity index (χ1n) is 9.02. The van der Waals surface area contributed by atoms with Gasteiger partial charge in [-0.1, -0.05) is 5.92 Å². The van der Waals surface area contributed by atoms with Gasteiger partial charge in [-0.3, -0.25) is 14.5 Å². The number of nitrogens with zero attached hydrogens (tertiary/aromatic N) is 5. The maximum atomic E-state index is 13.4. The van der Waals surface area contributed by atoms with Crippen molar-refractivity contribution in [2.24, 2.45) is 4.99 Å². The molecule has 8 nitrogen and oxygen atoms in total. The summed E-state index contributed by atoms with van der Waals surface area (Å²) >= 11 is 0. The first-order chi connectivity index (χ1) is 14.1. The molecule has 0 radical (unpaired) electrons. The highest BCUT2D eigenvalue weighted by Gasteiger charge is 2.48. The summed E-state index contributed by atoms with van der Waals surface area (Å²) in [6, 6.07) is 1.80. The monoisotopic (exact) mass is 419 g/mol. The number of guanidine groups is 1. The summed E-state index contributed by atoms with van der Waals surface area (Å²) in [5.74, 6) is 1.27. The van der Waals surface area contributed by atoms with Crippen molar-refractivity contribution < 1.29 is 27.5 Å². The number of alkyl halides is 3. The molecular weight excluding hydrogens is 403 g/mol. The molecule has 2 unspecified atom stereocenters. The van der Waals surface area contributed by atoms with E-state index in [0.717, 1.165) is 9.80 Å². The standard InChI is InChI=1S/C19H16F3N5O3/c1-4-11(3)26-16(29)9-30-12-5-6-14(24-17(12)26)27-15(28)7-13(19(20,21)22)25-8-10(2)23-18(25)27/h1,5-7,10-11H,8-9H2,2-3H3. The average molecular weight is 419 g/mol. The predicted molar refractivity (Wildman–Crippen MR) is 101 cm³/mol. The van der Waals surface area contributed by atoms with E-state index in [4.69, 9.17) is 11.2 Å². The van der Waals surface area contributed by atoms with Crippen LogP contribution in [-0.2, 0) is 9.59 Å². The van der Waals surface area contributed by atoms with Crippen molar-refractivity contribution in [3.63, 3.8) is 0 Å². The predicted octanol–water partition coefficient (Wildman–Crippen LogP) is 1.68. The van der Waals surface area contributed by atoms with Crippen LogP contribution in [0.4, 0.5) is 24.8 Å². The second-order valence-corrected chi connectivity index (χ2v) is 6.98. The fourth-order valence-corrected chi connectivity index (χ4v) is 3.48. The molecule has 0 saturated carbocycles. The molecule has 2 atom stereocenters. The Morgan fingerprint density at radius 3 is 2.73 bits per heavy atom. The van der Waals surface area contributed by atoms with E-state index >= 15 is 0 Å². The van der Waals surface area contributed by atoms with Crippen molar-refractivity contribution in [3.8, 4) is 18.1 Å². The van der Waals surface area contributed by atoms with Crippen LogP contribution in [0.1, 0.15) is 13.8 Å². The van der Waals surface area contributed by atoms with Crippen LogP contribution in [0, 0.1) is 12.3 Å². The van der Waals surface area contributed by atoms with Crippen LogP contribution < -0.4 is 14.5 Å². The summed E-state index contributed by atoms with van der Waals surface area (Å²) < 4.78 is 45.6. The maximum Gasteiger partial charge on any atom is 0.431 e. The fourth-order valence-electron chi connectivity index (χ4n) is 3.48. The molecule has 30 heavy (non-hydrogen) atoms. The number of aliphatic imine (C=N–C) groups is 1. The summed E-state index contributed by atoms with van der Waals surface area (Å²) in [6.07, 6.45) is 1.25. The quantitative estimate of drug-likeness (QED) is 0.682. The Labute approximate surface area is 169 Å². The zero-order chi connectivity index (χ0) is 21.8. The van der Waals surface area contributed by atoms with Gasteiger partial charge in [-0.25, -0.2) is 14.9 Å². The van der Waals surface area contributed by atoms with Crippen LogP contribution in [0.5, 0.6) is 5.75 Å². The van der Waals surface area contributed by atoms with E-state index in [1.165, 1.54) is 17.0 Å². The van der Waals surface area contributed by atoms with Crippen LogP contribution in [0.2, 0.25) is 0 Å². The highest BCUT2D eigenvalue weighted by Crippen LogP contribution is 2.38. The van der Waals surface area contributed by atoms with Gasteiger partial charge in [0, 0.05) is 12.6 Å². The average Bonchev–Trinajstić information content (AvgIpc) is 3.06. The molecule has 0 fully saturated rings. The van der Waals surface area contributed by atoms with Gasteiger partial charge >= 0.3 is 6.18 Å². The molecular formula is C19H16F3N5O3. The van der Waals surface area contributed by atoms with Crippen molar-refractivity contribution in [3.05, 3.63) is 23.9 Å². The van der Waals surface area contributed by atoms with E-state index in [0.29, 0.717) is 6.08 Å². The lowest BCUT2D eigenvalue weighted by Crippen LogP contribution is -2.52. The van der Waals surface area contributed by atoms with Crippen molar-refractivity contribution in [1.29, 1.82) is 0 Å². The van der Waals surface area contributed by atoms with E-state index < -0.39 is 35.8 Å². The van der Waals surface area contributed by atoms with Gasteiger partial charge < -0.3 is 9.64 Å². The maximum absolute atomic E-state index is 13.4. The number of ether oxygens (including phenoxy) is 1. The zero-order valence-electron chi connectivity index (χ0n) is 16.0. The molecule has 0 aliphatic carbocycles. The minimum atomic E-state index is -4.71. The molecule has 4 heterocycles. The molecule has 0 N–H and O–H groups in total. The Balaban J connectivity index is 1.82. The third-order valence-corrected chi connectivity index (χ3v) is 4.82. The molecule has 0 bridgehead atoms.